The van der Waals surface area contributed by atoms with Crippen LogP contribution in [0.5, 0.6) is 0 Å². The second kappa shape index (κ2) is 8.43. The van der Waals surface area contributed by atoms with Gasteiger partial charge in [0.15, 0.2) is 0 Å². The average Bonchev–Trinajstić information content (AvgIpc) is 3.42. The van der Waals surface area contributed by atoms with Gasteiger partial charge in [-0.3, -0.25) is 9.59 Å². The molecule has 2 aromatic carbocycles. The smallest absolute Gasteiger partial charge is 0.253 e. The summed E-state index contributed by atoms with van der Waals surface area (Å²) in [5, 5.41) is 10.6. The molecular weight excluding hydrogens is 434 g/mol. The van der Waals surface area contributed by atoms with E-state index in [0.717, 1.165) is 20.5 Å². The Morgan fingerprint density at radius 3 is 2.35 bits per heavy atom. The van der Waals surface area contributed by atoms with Gasteiger partial charge in [-0.2, -0.15) is 9.57 Å². The highest BCUT2D eigenvalue weighted by Crippen LogP contribution is 2.32. The molecule has 1 fully saturated rings. The van der Waals surface area contributed by atoms with E-state index >= 15 is 0 Å². The van der Waals surface area contributed by atoms with Crippen LogP contribution in [0.4, 0.5) is 5.69 Å². The van der Waals surface area contributed by atoms with E-state index in [1.165, 1.54) is 30.3 Å². The van der Waals surface area contributed by atoms with E-state index in [9.17, 15) is 18.0 Å². The third kappa shape index (κ3) is 4.01. The van der Waals surface area contributed by atoms with Crippen molar-refractivity contribution in [3.05, 3.63) is 83.2 Å². The van der Waals surface area contributed by atoms with Crippen molar-refractivity contribution < 1.29 is 18.0 Å². The maximum absolute atomic E-state index is 13.4. The fourth-order valence-corrected chi connectivity index (χ4v) is 6.14. The van der Waals surface area contributed by atoms with Gasteiger partial charge in [0.2, 0.25) is 5.91 Å². The Balaban J connectivity index is 1.72. The van der Waals surface area contributed by atoms with Gasteiger partial charge < -0.3 is 0 Å². The molecule has 1 atom stereocenters. The summed E-state index contributed by atoms with van der Waals surface area (Å²) in [5.41, 5.74) is 1.41. The minimum Gasteiger partial charge on any atom is -0.274 e. The predicted octanol–water partition coefficient (Wildman–Crippen LogP) is 3.14. The third-order valence-electron chi connectivity index (χ3n) is 4.96. The van der Waals surface area contributed by atoms with Crippen molar-refractivity contribution in [1.29, 1.82) is 5.26 Å². The van der Waals surface area contributed by atoms with Crippen LogP contribution in [0.15, 0.2) is 76.3 Å². The summed E-state index contributed by atoms with van der Waals surface area (Å²) in [6.07, 6.45) is -0.254. The van der Waals surface area contributed by atoms with E-state index in [2.05, 4.69) is 0 Å². The van der Waals surface area contributed by atoms with Gasteiger partial charge in [-0.1, -0.05) is 36.4 Å². The number of carbonyl (C=O) groups excluding carboxylic acids is 2. The number of rotatable bonds is 6. The van der Waals surface area contributed by atoms with Gasteiger partial charge in [0, 0.05) is 6.54 Å². The number of hydrogen-bond acceptors (Lipinski definition) is 6. The first-order valence-corrected chi connectivity index (χ1v) is 11.7. The summed E-state index contributed by atoms with van der Waals surface area (Å²) >= 11 is 1.06. The first kappa shape index (κ1) is 20.9. The number of carbonyl (C=O) groups is 2. The minimum atomic E-state index is -4.00. The molecule has 1 aromatic heterocycles. The maximum Gasteiger partial charge on any atom is 0.253 e. The second-order valence-electron chi connectivity index (χ2n) is 6.91. The number of thiophene rings is 1. The lowest BCUT2D eigenvalue weighted by atomic mass is 10.2. The van der Waals surface area contributed by atoms with Crippen molar-refractivity contribution in [2.24, 2.45) is 0 Å². The van der Waals surface area contributed by atoms with Crippen molar-refractivity contribution >= 4 is 38.9 Å². The highest BCUT2D eigenvalue weighted by molar-refractivity contribution is 7.91. The molecule has 0 bridgehead atoms. The fourth-order valence-electron chi connectivity index (χ4n) is 3.45. The summed E-state index contributed by atoms with van der Waals surface area (Å²) in [7, 11) is -4.00. The van der Waals surface area contributed by atoms with Crippen molar-refractivity contribution in [2.45, 2.75) is 23.2 Å². The average molecular weight is 452 g/mol. The molecule has 1 unspecified atom stereocenters. The molecule has 0 aliphatic carbocycles. The lowest BCUT2D eigenvalue weighted by Crippen LogP contribution is -2.44. The van der Waals surface area contributed by atoms with Crippen LogP contribution in [-0.2, 0) is 26.2 Å². The zero-order valence-electron chi connectivity index (χ0n) is 16.2. The van der Waals surface area contributed by atoms with Crippen molar-refractivity contribution in [3.63, 3.8) is 0 Å². The Labute approximate surface area is 183 Å². The predicted molar refractivity (Wildman–Crippen MR) is 116 cm³/mol. The Morgan fingerprint density at radius 2 is 1.74 bits per heavy atom. The van der Waals surface area contributed by atoms with E-state index < -0.39 is 27.9 Å². The van der Waals surface area contributed by atoms with Crippen LogP contribution in [0.1, 0.15) is 17.5 Å². The summed E-state index contributed by atoms with van der Waals surface area (Å²) in [5.74, 6) is -1.09. The summed E-state index contributed by atoms with van der Waals surface area (Å²) < 4.78 is 28.0. The molecule has 2 amide bonds. The van der Waals surface area contributed by atoms with Crippen LogP contribution in [0.2, 0.25) is 0 Å². The first-order chi connectivity index (χ1) is 14.9. The zero-order chi connectivity index (χ0) is 22.0. The molecule has 7 nitrogen and oxygen atoms in total. The molecule has 1 aliphatic rings. The highest BCUT2D eigenvalue weighted by atomic mass is 32.2. The molecule has 0 radical (unpaired) electrons. The van der Waals surface area contributed by atoms with Crippen LogP contribution >= 0.6 is 11.3 Å². The molecule has 4 rings (SSSR count). The molecule has 1 aliphatic heterocycles. The van der Waals surface area contributed by atoms with Gasteiger partial charge in [0.1, 0.15) is 10.3 Å². The summed E-state index contributed by atoms with van der Waals surface area (Å²) in [6.45, 7) is -0.0357. The number of amides is 2. The van der Waals surface area contributed by atoms with Crippen molar-refractivity contribution in [3.8, 4) is 6.07 Å². The van der Waals surface area contributed by atoms with E-state index in [-0.39, 0.29) is 17.2 Å². The van der Waals surface area contributed by atoms with Gasteiger partial charge in [0.25, 0.3) is 15.9 Å². The molecule has 2 heterocycles. The zero-order valence-corrected chi connectivity index (χ0v) is 17.8. The molecule has 156 valence electrons. The number of anilines is 1. The van der Waals surface area contributed by atoms with Crippen LogP contribution < -0.4 is 4.90 Å². The normalized spacial score (nSPS) is 16.6. The Hall–Kier alpha value is -3.32. The van der Waals surface area contributed by atoms with Crippen LogP contribution in [0.25, 0.3) is 0 Å². The molecule has 0 N–H and O–H groups in total. The van der Waals surface area contributed by atoms with Gasteiger partial charge in [-0.05, 0) is 41.3 Å². The lowest BCUT2D eigenvalue weighted by molar-refractivity contribution is -0.122. The number of sulfonamides is 1. The molecule has 9 heteroatoms. The van der Waals surface area contributed by atoms with Crippen molar-refractivity contribution in [2.75, 3.05) is 4.90 Å². The minimum absolute atomic E-state index is 0.0357. The second-order valence-corrected chi connectivity index (χ2v) is 9.98. The lowest BCUT2D eigenvalue weighted by Gasteiger charge is -2.26. The molecule has 0 saturated carbocycles. The largest absolute Gasteiger partial charge is 0.274 e. The summed E-state index contributed by atoms with van der Waals surface area (Å²) in [4.78, 5) is 27.0. The van der Waals surface area contributed by atoms with Gasteiger partial charge >= 0.3 is 0 Å². The third-order valence-corrected chi connectivity index (χ3v) is 8.19. The first-order valence-electron chi connectivity index (χ1n) is 9.38. The topological polar surface area (TPSA) is 98.5 Å². The number of nitriles is 1. The highest BCUT2D eigenvalue weighted by Gasteiger charge is 2.47. The molecule has 1 saturated heterocycles. The van der Waals surface area contributed by atoms with Gasteiger partial charge in [0.05, 0.1) is 23.7 Å². The van der Waals surface area contributed by atoms with Crippen LogP contribution in [-0.4, -0.2) is 30.6 Å². The van der Waals surface area contributed by atoms with Crippen molar-refractivity contribution in [1.82, 2.24) is 4.31 Å². The van der Waals surface area contributed by atoms with E-state index in [4.69, 9.17) is 5.26 Å². The Kier molecular flexibility index (Phi) is 5.69. The van der Waals surface area contributed by atoms with E-state index in [1.54, 1.807) is 35.7 Å². The Bertz CT molecular complexity index is 1250. The van der Waals surface area contributed by atoms with E-state index in [1.807, 2.05) is 12.1 Å². The molecule has 3 aromatic rings. The number of hydrogen-bond donors (Lipinski definition) is 0. The monoisotopic (exact) mass is 451 g/mol. The maximum atomic E-state index is 13.4. The molecule has 0 spiro atoms. The quantitative estimate of drug-likeness (QED) is 0.536. The number of imide groups is 1. The fraction of sp³-hybridized carbons (Fsp3) is 0.136. The standard InChI is InChI=1S/C22H17N3O4S2/c23-14-16-8-10-18(11-9-16)25-20(26)13-19(22(25)27)24(15-17-5-2-1-3-6-17)31(28,29)21-7-4-12-30-21/h1-12,19H,13,15H2. The Morgan fingerprint density at radius 1 is 1.03 bits per heavy atom. The molecular formula is C22H17N3O4S2. The SMILES string of the molecule is N#Cc1ccc(N2C(=O)CC(N(Cc3ccccc3)S(=O)(=O)c3cccs3)C2=O)cc1. The molecule has 31 heavy (non-hydrogen) atoms. The van der Waals surface area contributed by atoms with Gasteiger partial charge in [-0.15, -0.1) is 11.3 Å². The van der Waals surface area contributed by atoms with Gasteiger partial charge in [-0.25, -0.2) is 13.3 Å². The number of nitrogens with zero attached hydrogens (tertiary/aromatic N) is 3. The van der Waals surface area contributed by atoms with Crippen LogP contribution in [0.3, 0.4) is 0 Å². The number of benzene rings is 2. The summed E-state index contributed by atoms with van der Waals surface area (Å²) in [6, 6.07) is 18.9. The van der Waals surface area contributed by atoms with Crippen LogP contribution in [0, 0.1) is 11.3 Å². The van der Waals surface area contributed by atoms with E-state index in [0.29, 0.717) is 16.8 Å².